The van der Waals surface area contributed by atoms with E-state index < -0.39 is 11.7 Å². The fraction of sp³-hybridized carbons (Fsp3) is 0.522. The summed E-state index contributed by atoms with van der Waals surface area (Å²) in [4.78, 5) is 24.3. The zero-order chi connectivity index (χ0) is 21.8. The Balaban J connectivity index is 1.51. The number of anilines is 1. The van der Waals surface area contributed by atoms with Crippen LogP contribution in [0.2, 0.25) is 0 Å². The van der Waals surface area contributed by atoms with Gasteiger partial charge in [0.25, 0.3) is 0 Å². The number of carbonyl (C=O) groups excluding carboxylic acids is 1. The van der Waals surface area contributed by atoms with Gasteiger partial charge in [-0.3, -0.25) is 4.98 Å². The molecular weight excluding hydrogens is 405 g/mol. The lowest BCUT2D eigenvalue weighted by Gasteiger charge is -2.35. The lowest BCUT2D eigenvalue weighted by atomic mass is 10.0. The molecule has 2 saturated heterocycles. The number of alkyl halides is 3. The van der Waals surface area contributed by atoms with Gasteiger partial charge in [0.1, 0.15) is 12.1 Å². The summed E-state index contributed by atoms with van der Waals surface area (Å²) in [5, 5.41) is 0. The molecule has 2 aliphatic rings. The molecule has 4 rings (SSSR count). The van der Waals surface area contributed by atoms with E-state index in [0.717, 1.165) is 50.5 Å². The molecule has 0 saturated carbocycles. The topological polar surface area (TPSA) is 49.3 Å². The first-order valence-electron chi connectivity index (χ1n) is 10.9. The van der Waals surface area contributed by atoms with Crippen LogP contribution in [0.4, 0.5) is 19.0 Å². The van der Waals surface area contributed by atoms with Gasteiger partial charge in [-0.15, -0.1) is 0 Å². The van der Waals surface area contributed by atoms with Gasteiger partial charge in [0.15, 0.2) is 0 Å². The molecule has 0 N–H and O–H groups in total. The van der Waals surface area contributed by atoms with Gasteiger partial charge in [-0.2, -0.15) is 13.2 Å². The smallest absolute Gasteiger partial charge is 0.347 e. The number of carbonyl (C=O) groups is 1. The zero-order valence-corrected chi connectivity index (χ0v) is 17.4. The lowest BCUT2D eigenvalue weighted by Crippen LogP contribution is -2.42. The van der Waals surface area contributed by atoms with Crippen molar-refractivity contribution < 1.29 is 18.0 Å². The number of halogens is 3. The molecule has 8 heteroatoms. The van der Waals surface area contributed by atoms with E-state index in [1.807, 2.05) is 23.1 Å². The molecule has 0 bridgehead atoms. The molecule has 5 nitrogen and oxygen atoms in total. The highest BCUT2D eigenvalue weighted by Gasteiger charge is 2.33. The Bertz CT molecular complexity index is 890. The summed E-state index contributed by atoms with van der Waals surface area (Å²) in [7, 11) is 0. The Labute approximate surface area is 180 Å². The number of nitrogens with zero attached hydrogens (tertiary/aromatic N) is 4. The third kappa shape index (κ3) is 5.06. The van der Waals surface area contributed by atoms with Crippen LogP contribution in [0.1, 0.15) is 48.4 Å². The first-order chi connectivity index (χ1) is 15.0. The van der Waals surface area contributed by atoms with Crippen LogP contribution in [-0.2, 0) is 17.4 Å². The van der Waals surface area contributed by atoms with E-state index in [0.29, 0.717) is 43.2 Å². The Morgan fingerprint density at radius 1 is 1.13 bits per heavy atom. The van der Waals surface area contributed by atoms with Gasteiger partial charge < -0.3 is 14.6 Å². The minimum Gasteiger partial charge on any atom is -0.347 e. The fourth-order valence-electron chi connectivity index (χ4n) is 4.64. The monoisotopic (exact) mass is 432 g/mol. The van der Waals surface area contributed by atoms with Gasteiger partial charge in [-0.25, -0.2) is 4.98 Å². The SMILES string of the molecule is O=CC1CCCCN1c1ncc(C(F)(F)F)cc1CCN1CCC(c2ccccn2)C1. The van der Waals surface area contributed by atoms with E-state index in [4.69, 9.17) is 0 Å². The maximum absolute atomic E-state index is 13.3. The standard InChI is InChI=1S/C23H27F3N4O/c24-23(25,26)19-13-17(22(28-14-19)30-10-4-2-5-20(30)16-31)7-11-29-12-8-18(15-29)21-6-1-3-9-27-21/h1,3,6,9,13-14,16,18,20H,2,4-5,7-8,10-12,15H2. The van der Waals surface area contributed by atoms with E-state index in [-0.39, 0.29) is 6.04 Å². The largest absolute Gasteiger partial charge is 0.417 e. The van der Waals surface area contributed by atoms with Crippen molar-refractivity contribution >= 4 is 12.1 Å². The molecule has 2 fully saturated rings. The van der Waals surface area contributed by atoms with Crippen LogP contribution in [0.5, 0.6) is 0 Å². The van der Waals surface area contributed by atoms with Crippen molar-refractivity contribution in [3.63, 3.8) is 0 Å². The van der Waals surface area contributed by atoms with Gasteiger partial charge >= 0.3 is 6.18 Å². The van der Waals surface area contributed by atoms with Crippen molar-refractivity contribution in [2.45, 2.75) is 50.2 Å². The number of piperidine rings is 1. The summed E-state index contributed by atoms with van der Waals surface area (Å²) in [6.07, 6.45) is 3.15. The third-order valence-corrected chi connectivity index (χ3v) is 6.32. The van der Waals surface area contributed by atoms with Crippen LogP contribution in [0.25, 0.3) is 0 Å². The molecule has 2 aromatic heterocycles. The summed E-state index contributed by atoms with van der Waals surface area (Å²) < 4.78 is 40.0. The van der Waals surface area contributed by atoms with Crippen molar-refractivity contribution in [1.29, 1.82) is 0 Å². The predicted molar refractivity (Wildman–Crippen MR) is 112 cm³/mol. The number of pyridine rings is 2. The molecule has 0 aromatic carbocycles. The van der Waals surface area contributed by atoms with Crippen LogP contribution >= 0.6 is 0 Å². The van der Waals surface area contributed by atoms with Gasteiger partial charge in [-0.05, 0) is 62.4 Å². The molecule has 2 atom stereocenters. The highest BCUT2D eigenvalue weighted by atomic mass is 19.4. The van der Waals surface area contributed by atoms with Crippen LogP contribution < -0.4 is 4.90 Å². The van der Waals surface area contributed by atoms with E-state index in [9.17, 15) is 18.0 Å². The first-order valence-corrected chi connectivity index (χ1v) is 10.9. The molecule has 166 valence electrons. The summed E-state index contributed by atoms with van der Waals surface area (Å²) in [5.41, 5.74) is 0.886. The van der Waals surface area contributed by atoms with Gasteiger partial charge in [0.05, 0.1) is 11.6 Å². The third-order valence-electron chi connectivity index (χ3n) is 6.32. The molecule has 0 spiro atoms. The van der Waals surface area contributed by atoms with E-state index in [1.165, 1.54) is 6.07 Å². The maximum atomic E-state index is 13.3. The molecule has 4 heterocycles. The average Bonchev–Trinajstić information content (AvgIpc) is 3.26. The summed E-state index contributed by atoms with van der Waals surface area (Å²) in [6.45, 7) is 3.03. The number of likely N-dealkylation sites (tertiary alicyclic amines) is 1. The quantitative estimate of drug-likeness (QED) is 0.644. The van der Waals surface area contributed by atoms with Crippen LogP contribution in [0.3, 0.4) is 0 Å². The Kier molecular flexibility index (Phi) is 6.55. The second kappa shape index (κ2) is 9.34. The van der Waals surface area contributed by atoms with Gasteiger partial charge in [0, 0.05) is 43.6 Å². The van der Waals surface area contributed by atoms with Gasteiger partial charge in [0.2, 0.25) is 0 Å². The molecule has 2 aliphatic heterocycles. The Morgan fingerprint density at radius 3 is 2.74 bits per heavy atom. The van der Waals surface area contributed by atoms with Crippen LogP contribution in [0.15, 0.2) is 36.7 Å². The van der Waals surface area contributed by atoms with Crippen molar-refractivity contribution in [3.05, 3.63) is 53.5 Å². The fourth-order valence-corrected chi connectivity index (χ4v) is 4.64. The van der Waals surface area contributed by atoms with Crippen molar-refractivity contribution in [3.8, 4) is 0 Å². The van der Waals surface area contributed by atoms with E-state index >= 15 is 0 Å². The number of aromatic nitrogens is 2. The summed E-state index contributed by atoms with van der Waals surface area (Å²) >= 11 is 0. The normalized spacial score (nSPS) is 22.6. The Hall–Kier alpha value is -2.48. The van der Waals surface area contributed by atoms with Crippen molar-refractivity contribution in [2.75, 3.05) is 31.1 Å². The molecule has 31 heavy (non-hydrogen) atoms. The highest BCUT2D eigenvalue weighted by molar-refractivity contribution is 5.66. The first kappa shape index (κ1) is 21.7. The second-order valence-corrected chi connectivity index (χ2v) is 8.39. The summed E-state index contributed by atoms with van der Waals surface area (Å²) in [6, 6.07) is 6.79. The highest BCUT2D eigenvalue weighted by Crippen LogP contribution is 2.34. The van der Waals surface area contributed by atoms with Crippen molar-refractivity contribution in [1.82, 2.24) is 14.9 Å². The second-order valence-electron chi connectivity index (χ2n) is 8.39. The molecule has 2 unspecified atom stereocenters. The average molecular weight is 432 g/mol. The molecule has 0 amide bonds. The van der Waals surface area contributed by atoms with Crippen LogP contribution in [-0.4, -0.2) is 53.4 Å². The van der Waals surface area contributed by atoms with Gasteiger partial charge in [-0.1, -0.05) is 6.07 Å². The number of hydrogen-bond acceptors (Lipinski definition) is 5. The molecular formula is C23H27F3N4O. The predicted octanol–water partition coefficient (Wildman–Crippen LogP) is 4.09. The molecule has 0 aliphatic carbocycles. The van der Waals surface area contributed by atoms with Crippen LogP contribution in [0, 0.1) is 0 Å². The molecule has 0 radical (unpaired) electrons. The summed E-state index contributed by atoms with van der Waals surface area (Å²) in [5.74, 6) is 0.868. The minimum absolute atomic E-state index is 0.322. The zero-order valence-electron chi connectivity index (χ0n) is 17.4. The number of hydrogen-bond donors (Lipinski definition) is 0. The molecule has 2 aromatic rings. The number of rotatable bonds is 6. The lowest BCUT2D eigenvalue weighted by molar-refractivity contribution is -0.137. The van der Waals surface area contributed by atoms with E-state index in [2.05, 4.69) is 14.9 Å². The number of aldehydes is 1. The minimum atomic E-state index is -4.44. The maximum Gasteiger partial charge on any atom is 0.417 e. The Morgan fingerprint density at radius 2 is 2.00 bits per heavy atom. The van der Waals surface area contributed by atoms with E-state index in [1.54, 1.807) is 6.20 Å². The van der Waals surface area contributed by atoms with Crippen molar-refractivity contribution in [2.24, 2.45) is 0 Å².